The van der Waals surface area contributed by atoms with Gasteiger partial charge in [-0.05, 0) is 34.7 Å². The number of rotatable bonds is 7. The molecule has 2 unspecified atom stereocenters. The van der Waals surface area contributed by atoms with Gasteiger partial charge in [-0.15, -0.1) is 53.6 Å². The molecule has 1 nitrogen and oxygen atoms in total. The van der Waals surface area contributed by atoms with Gasteiger partial charge in [0.05, 0.1) is 0 Å². The summed E-state index contributed by atoms with van der Waals surface area (Å²) in [5, 5.41) is 2.85. The topological polar surface area (TPSA) is 12.9 Å². The fourth-order valence-electron chi connectivity index (χ4n) is 4.56. The minimum Gasteiger partial charge on any atom is -0.366 e. The molecule has 0 aliphatic heterocycles. The standard InChI is InChI=1S/C20H19P2.C11H8N.C8H5.2C6H5.Ir/c1-3-10-19(11-4-1)21-15-17-8-7-9-18(14-17)16-22-20-12-5-2-6-13-20;1-2-6-10(7-3-1)11-8-4-5-9-12-11;1-2-8-6-4-3-5-7-8;2*1-2-4-6-5-3-1;/h1-13,21-22H,15-16H2;1-6,8-9H;3-7H;2*1-5H;/q5*-1;. The number of hydrogen-bond donors (Lipinski definition) is 0. The Hall–Kier alpha value is -5.24. The van der Waals surface area contributed by atoms with Crippen molar-refractivity contribution in [2.75, 3.05) is 0 Å². The van der Waals surface area contributed by atoms with E-state index in [9.17, 15) is 0 Å². The second kappa shape index (κ2) is 29.2. The first kappa shape index (κ1) is 44.2. The summed E-state index contributed by atoms with van der Waals surface area (Å²) in [6.45, 7) is 0. The number of aromatic nitrogens is 1. The Morgan fingerprint density at radius 2 is 0.927 bits per heavy atom. The first-order chi connectivity index (χ1) is 26.8. The monoisotopic (exact) mass is 923 g/mol. The van der Waals surface area contributed by atoms with E-state index in [2.05, 4.69) is 114 Å². The molecular formula is C51H42IrNP2-5. The average Bonchev–Trinajstić information content (AvgIpc) is 3.29. The maximum absolute atomic E-state index is 6.69. The molecule has 55 heavy (non-hydrogen) atoms. The van der Waals surface area contributed by atoms with Gasteiger partial charge in [0.2, 0.25) is 0 Å². The Morgan fingerprint density at radius 1 is 0.473 bits per heavy atom. The molecule has 0 aliphatic carbocycles. The van der Waals surface area contributed by atoms with Gasteiger partial charge in [-0.2, -0.15) is 108 Å². The van der Waals surface area contributed by atoms with Crippen molar-refractivity contribution in [3.05, 3.63) is 266 Å². The van der Waals surface area contributed by atoms with Crippen LogP contribution in [0.1, 0.15) is 16.7 Å². The molecular weight excluding hydrogens is 881 g/mol. The van der Waals surface area contributed by atoms with E-state index in [1.165, 1.54) is 21.7 Å². The van der Waals surface area contributed by atoms with Gasteiger partial charge in [0.15, 0.2) is 0 Å². The number of pyridine rings is 1. The zero-order valence-corrected chi connectivity index (χ0v) is 34.9. The Morgan fingerprint density at radius 3 is 1.31 bits per heavy atom. The molecule has 8 aromatic rings. The van der Waals surface area contributed by atoms with Crippen LogP contribution in [0.3, 0.4) is 0 Å². The van der Waals surface area contributed by atoms with Crippen LogP contribution in [0.4, 0.5) is 0 Å². The summed E-state index contributed by atoms with van der Waals surface area (Å²) in [6, 6.07) is 82.8. The number of nitrogens with zero attached hydrogens (tertiary/aromatic N) is 1. The van der Waals surface area contributed by atoms with Crippen molar-refractivity contribution in [3.63, 3.8) is 0 Å². The van der Waals surface area contributed by atoms with Crippen molar-refractivity contribution in [1.82, 2.24) is 4.98 Å². The Bertz CT molecular complexity index is 1910. The summed E-state index contributed by atoms with van der Waals surface area (Å²) in [6.07, 6.45) is 10.7. The zero-order valence-electron chi connectivity index (χ0n) is 30.5. The van der Waals surface area contributed by atoms with Crippen LogP contribution in [0.15, 0.2) is 219 Å². The molecule has 7 aromatic carbocycles. The van der Waals surface area contributed by atoms with Gasteiger partial charge >= 0.3 is 0 Å². The molecule has 4 heteroatoms. The molecule has 8 rings (SSSR count). The third kappa shape index (κ3) is 20.1. The smallest absolute Gasteiger partial charge is 0.0160 e. The molecule has 0 fully saturated rings. The molecule has 2 atom stereocenters. The minimum absolute atomic E-state index is 0. The second-order valence-electron chi connectivity index (χ2n) is 11.3. The van der Waals surface area contributed by atoms with E-state index in [0.29, 0.717) is 0 Å². The first-order valence-corrected chi connectivity index (χ1v) is 20.0. The molecule has 0 amide bonds. The van der Waals surface area contributed by atoms with Crippen molar-refractivity contribution < 1.29 is 20.1 Å². The van der Waals surface area contributed by atoms with Crippen LogP contribution in [0.2, 0.25) is 0 Å². The van der Waals surface area contributed by atoms with E-state index in [1.807, 2.05) is 133 Å². The summed E-state index contributed by atoms with van der Waals surface area (Å²) < 4.78 is 0. The van der Waals surface area contributed by atoms with E-state index in [-0.39, 0.29) is 20.1 Å². The molecule has 1 radical (unpaired) electrons. The maximum Gasteiger partial charge on any atom is 0.0160 e. The van der Waals surface area contributed by atoms with Gasteiger partial charge in [0.25, 0.3) is 0 Å². The van der Waals surface area contributed by atoms with Crippen LogP contribution in [-0.4, -0.2) is 4.98 Å². The van der Waals surface area contributed by atoms with Gasteiger partial charge in [0, 0.05) is 26.3 Å². The fourth-order valence-corrected chi connectivity index (χ4v) is 6.62. The SMILES string of the molecule is [C-]#Cc1ccccc1.[Ir].[c-]1c(CPc2ccccc2)cccc1CPc1ccccc1.[c-]1ccccc1.[c-]1ccccc1.[c-]1ccccc1-c1ccccn1. The van der Waals surface area contributed by atoms with Gasteiger partial charge in [0.1, 0.15) is 0 Å². The zero-order chi connectivity index (χ0) is 37.6. The largest absolute Gasteiger partial charge is 0.366 e. The summed E-state index contributed by atoms with van der Waals surface area (Å²) in [4.78, 5) is 4.22. The normalized spacial score (nSPS) is 9.65. The fraction of sp³-hybridized carbons (Fsp3) is 0.0392. The molecule has 0 bridgehead atoms. The van der Waals surface area contributed by atoms with Crippen LogP contribution in [0.5, 0.6) is 0 Å². The molecule has 1 aromatic heterocycles. The van der Waals surface area contributed by atoms with E-state index in [0.717, 1.165) is 46.3 Å². The first-order valence-electron chi connectivity index (χ1n) is 17.6. The molecule has 0 aliphatic rings. The third-order valence-corrected chi connectivity index (χ3v) is 9.81. The van der Waals surface area contributed by atoms with Crippen LogP contribution >= 0.6 is 17.2 Å². The molecule has 0 saturated carbocycles. The summed E-state index contributed by atoms with van der Waals surface area (Å²) in [5.74, 6) is 2.28. The summed E-state index contributed by atoms with van der Waals surface area (Å²) in [5.41, 5.74) is 5.50. The van der Waals surface area contributed by atoms with Crippen LogP contribution < -0.4 is 10.6 Å². The predicted octanol–water partition coefficient (Wildman–Crippen LogP) is 11.6. The van der Waals surface area contributed by atoms with Crippen molar-refractivity contribution >= 4 is 27.8 Å². The van der Waals surface area contributed by atoms with E-state index in [1.54, 1.807) is 6.20 Å². The van der Waals surface area contributed by atoms with Gasteiger partial charge in [-0.3, -0.25) is 5.92 Å². The van der Waals surface area contributed by atoms with Crippen LogP contribution in [0, 0.1) is 36.6 Å². The van der Waals surface area contributed by atoms with Gasteiger partial charge in [-0.25, -0.2) is 0 Å². The van der Waals surface area contributed by atoms with E-state index >= 15 is 0 Å². The molecule has 275 valence electrons. The average molecular weight is 923 g/mol. The molecule has 0 N–H and O–H groups in total. The van der Waals surface area contributed by atoms with Crippen LogP contribution in [-0.2, 0) is 32.4 Å². The van der Waals surface area contributed by atoms with Crippen LogP contribution in [0.25, 0.3) is 11.3 Å². The summed E-state index contributed by atoms with van der Waals surface area (Å²) in [7, 11) is 1.65. The number of benzene rings is 7. The Labute approximate surface area is 346 Å². The van der Waals surface area contributed by atoms with E-state index < -0.39 is 0 Å². The molecule has 1 heterocycles. The molecule has 0 spiro atoms. The number of hydrogen-bond acceptors (Lipinski definition) is 1. The van der Waals surface area contributed by atoms with Gasteiger partial charge in [-0.1, -0.05) is 108 Å². The predicted molar refractivity (Wildman–Crippen MR) is 233 cm³/mol. The Balaban J connectivity index is 0.000000206. The Kier molecular flexibility index (Phi) is 23.4. The van der Waals surface area contributed by atoms with Crippen molar-refractivity contribution in [3.8, 4) is 17.2 Å². The van der Waals surface area contributed by atoms with Gasteiger partial charge < -0.3 is 11.4 Å². The third-order valence-electron chi connectivity index (χ3n) is 7.21. The summed E-state index contributed by atoms with van der Waals surface area (Å²) >= 11 is 0. The maximum atomic E-state index is 6.69. The van der Waals surface area contributed by atoms with Crippen molar-refractivity contribution in [2.24, 2.45) is 0 Å². The van der Waals surface area contributed by atoms with Crippen molar-refractivity contribution in [1.29, 1.82) is 0 Å². The second-order valence-corrected chi connectivity index (χ2v) is 13.8. The molecule has 0 saturated heterocycles. The van der Waals surface area contributed by atoms with E-state index in [4.69, 9.17) is 6.42 Å². The minimum atomic E-state index is 0. The quantitative estimate of drug-likeness (QED) is 0.0882. The van der Waals surface area contributed by atoms with Crippen molar-refractivity contribution in [2.45, 2.75) is 12.3 Å².